The highest BCUT2D eigenvalue weighted by molar-refractivity contribution is 7.89. The second kappa shape index (κ2) is 8.84. The molecular formula is C16H23ClN2O5S. The second-order valence-electron chi connectivity index (χ2n) is 5.87. The molecule has 1 amide bonds. The van der Waals surface area contributed by atoms with Crippen LogP contribution in [0.3, 0.4) is 0 Å². The molecule has 1 aliphatic heterocycles. The summed E-state index contributed by atoms with van der Waals surface area (Å²) in [5.41, 5.74) is 0. The van der Waals surface area contributed by atoms with E-state index in [1.807, 2.05) is 0 Å². The summed E-state index contributed by atoms with van der Waals surface area (Å²) in [6, 6.07) is 4.44. The molecule has 1 aromatic carbocycles. The average molecular weight is 391 g/mol. The number of methoxy groups -OCH3 is 1. The first-order valence-electron chi connectivity index (χ1n) is 8.12. The molecule has 2 N–H and O–H groups in total. The number of carbonyl (C=O) groups excluding carboxylic acids is 1. The molecule has 0 aromatic heterocycles. The van der Waals surface area contributed by atoms with Crippen molar-refractivity contribution in [3.05, 3.63) is 23.2 Å². The van der Waals surface area contributed by atoms with Gasteiger partial charge in [0, 0.05) is 31.3 Å². The first-order chi connectivity index (χ1) is 11.9. The normalized spacial score (nSPS) is 18.8. The van der Waals surface area contributed by atoms with Crippen LogP contribution in [0.25, 0.3) is 0 Å². The van der Waals surface area contributed by atoms with E-state index in [9.17, 15) is 13.2 Å². The summed E-state index contributed by atoms with van der Waals surface area (Å²) < 4.78 is 32.4. The van der Waals surface area contributed by atoms with E-state index < -0.39 is 15.9 Å². The summed E-state index contributed by atoms with van der Waals surface area (Å²) in [5.74, 6) is -0.377. The molecule has 9 heteroatoms. The minimum Gasteiger partial charge on any atom is -0.495 e. The third-order valence-corrected chi connectivity index (χ3v) is 6.25. The molecule has 1 atom stereocenters. The Morgan fingerprint density at radius 1 is 1.48 bits per heavy atom. The van der Waals surface area contributed by atoms with Gasteiger partial charge < -0.3 is 15.2 Å². The van der Waals surface area contributed by atoms with Crippen LogP contribution < -0.4 is 10.1 Å². The number of aliphatic hydroxyl groups excluding tert-OH is 1. The molecule has 1 saturated heterocycles. The summed E-state index contributed by atoms with van der Waals surface area (Å²) in [6.07, 6.45) is 1.70. The van der Waals surface area contributed by atoms with E-state index >= 15 is 0 Å². The number of carbonyl (C=O) groups is 1. The second-order valence-corrected chi connectivity index (χ2v) is 8.21. The van der Waals surface area contributed by atoms with Crippen LogP contribution in [-0.4, -0.2) is 57.1 Å². The Morgan fingerprint density at radius 2 is 2.24 bits per heavy atom. The Balaban J connectivity index is 2.17. The van der Waals surface area contributed by atoms with Crippen LogP contribution >= 0.6 is 11.6 Å². The average Bonchev–Trinajstić information content (AvgIpc) is 2.62. The molecule has 0 spiro atoms. The van der Waals surface area contributed by atoms with Gasteiger partial charge in [0.2, 0.25) is 15.9 Å². The SMILES string of the molecule is COc1ccc(Cl)cc1S(=O)(=O)N1CCC[C@@H](C(=O)NCCCO)C1. The molecule has 0 radical (unpaired) electrons. The van der Waals surface area contributed by atoms with Crippen molar-refractivity contribution in [2.75, 3.05) is 33.4 Å². The molecule has 1 heterocycles. The van der Waals surface area contributed by atoms with Crippen molar-refractivity contribution < 1.29 is 23.1 Å². The zero-order chi connectivity index (χ0) is 18.4. The lowest BCUT2D eigenvalue weighted by atomic mass is 9.99. The van der Waals surface area contributed by atoms with Crippen LogP contribution in [-0.2, 0) is 14.8 Å². The van der Waals surface area contributed by atoms with E-state index in [2.05, 4.69) is 5.32 Å². The molecule has 25 heavy (non-hydrogen) atoms. The van der Waals surface area contributed by atoms with Gasteiger partial charge in [-0.05, 0) is 37.5 Å². The van der Waals surface area contributed by atoms with Crippen LogP contribution in [0.5, 0.6) is 5.75 Å². The maximum atomic E-state index is 13.0. The molecule has 140 valence electrons. The minimum atomic E-state index is -3.82. The van der Waals surface area contributed by atoms with Crippen molar-refractivity contribution in [3.63, 3.8) is 0 Å². The predicted octanol–water partition coefficient (Wildman–Crippen LogP) is 1.25. The molecular weight excluding hydrogens is 368 g/mol. The number of piperidine rings is 1. The van der Waals surface area contributed by atoms with Crippen molar-refractivity contribution >= 4 is 27.5 Å². The highest BCUT2D eigenvalue weighted by Gasteiger charge is 2.34. The highest BCUT2D eigenvalue weighted by Crippen LogP contribution is 2.31. The van der Waals surface area contributed by atoms with Gasteiger partial charge >= 0.3 is 0 Å². The zero-order valence-corrected chi connectivity index (χ0v) is 15.6. The number of hydrogen-bond acceptors (Lipinski definition) is 5. The molecule has 0 bridgehead atoms. The number of aliphatic hydroxyl groups is 1. The van der Waals surface area contributed by atoms with Gasteiger partial charge in [-0.3, -0.25) is 4.79 Å². The first-order valence-corrected chi connectivity index (χ1v) is 9.94. The maximum Gasteiger partial charge on any atom is 0.246 e. The van der Waals surface area contributed by atoms with Crippen LogP contribution in [0.1, 0.15) is 19.3 Å². The number of benzene rings is 1. The smallest absolute Gasteiger partial charge is 0.246 e. The van der Waals surface area contributed by atoms with Crippen LogP contribution in [0.4, 0.5) is 0 Å². The van der Waals surface area contributed by atoms with Crippen LogP contribution in [0.15, 0.2) is 23.1 Å². The van der Waals surface area contributed by atoms with Gasteiger partial charge in [0.05, 0.1) is 13.0 Å². The molecule has 1 aliphatic rings. The first kappa shape index (κ1) is 20.0. The zero-order valence-electron chi connectivity index (χ0n) is 14.1. The molecule has 1 fully saturated rings. The van der Waals surface area contributed by atoms with Gasteiger partial charge in [-0.1, -0.05) is 11.6 Å². The van der Waals surface area contributed by atoms with E-state index in [0.29, 0.717) is 37.4 Å². The monoisotopic (exact) mass is 390 g/mol. The molecule has 0 saturated carbocycles. The topological polar surface area (TPSA) is 95.9 Å². The molecule has 7 nitrogen and oxygen atoms in total. The number of halogens is 1. The van der Waals surface area contributed by atoms with Crippen LogP contribution in [0.2, 0.25) is 5.02 Å². The molecule has 0 unspecified atom stereocenters. The Hall–Kier alpha value is -1.35. The van der Waals surface area contributed by atoms with E-state index in [4.69, 9.17) is 21.4 Å². The van der Waals surface area contributed by atoms with Gasteiger partial charge in [0.15, 0.2) is 0 Å². The van der Waals surface area contributed by atoms with Gasteiger partial charge in [-0.25, -0.2) is 8.42 Å². The molecule has 0 aliphatic carbocycles. The Labute approximate surface area is 153 Å². The minimum absolute atomic E-state index is 0.0000120. The highest BCUT2D eigenvalue weighted by atomic mass is 35.5. The summed E-state index contributed by atoms with van der Waals surface area (Å²) in [4.78, 5) is 12.2. The third-order valence-electron chi connectivity index (χ3n) is 4.13. The van der Waals surface area contributed by atoms with E-state index in [-0.39, 0.29) is 29.7 Å². The predicted molar refractivity (Wildman–Crippen MR) is 94.2 cm³/mol. The fraction of sp³-hybridized carbons (Fsp3) is 0.562. The van der Waals surface area contributed by atoms with Gasteiger partial charge in [0.1, 0.15) is 10.6 Å². The maximum absolute atomic E-state index is 13.0. The van der Waals surface area contributed by atoms with Crippen LogP contribution in [0, 0.1) is 5.92 Å². The molecule has 1 aromatic rings. The number of ether oxygens (including phenoxy) is 1. The summed E-state index contributed by atoms with van der Waals surface area (Å²) >= 11 is 5.95. The number of nitrogens with one attached hydrogen (secondary N) is 1. The van der Waals surface area contributed by atoms with Gasteiger partial charge in [0.25, 0.3) is 0 Å². The Morgan fingerprint density at radius 3 is 2.92 bits per heavy atom. The number of sulfonamides is 1. The standard InChI is InChI=1S/C16H23ClN2O5S/c1-24-14-6-5-13(17)10-15(14)25(22,23)19-8-2-4-12(11-19)16(21)18-7-3-9-20/h5-6,10,12,20H,2-4,7-9,11H2,1H3,(H,18,21)/t12-/m1/s1. The third kappa shape index (κ3) is 4.84. The number of nitrogens with zero attached hydrogens (tertiary/aromatic N) is 1. The largest absolute Gasteiger partial charge is 0.495 e. The number of amides is 1. The number of rotatable bonds is 7. The van der Waals surface area contributed by atoms with Gasteiger partial charge in [-0.2, -0.15) is 4.31 Å². The van der Waals surface area contributed by atoms with Crippen molar-refractivity contribution in [1.29, 1.82) is 0 Å². The Bertz CT molecular complexity index is 710. The van der Waals surface area contributed by atoms with Gasteiger partial charge in [-0.15, -0.1) is 0 Å². The Kier molecular flexibility index (Phi) is 7.06. The molecule has 2 rings (SSSR count). The fourth-order valence-electron chi connectivity index (χ4n) is 2.80. The summed E-state index contributed by atoms with van der Waals surface area (Å²) in [7, 11) is -2.42. The number of hydrogen-bond donors (Lipinski definition) is 2. The summed E-state index contributed by atoms with van der Waals surface area (Å²) in [6.45, 7) is 0.835. The van der Waals surface area contributed by atoms with E-state index in [1.165, 1.54) is 23.5 Å². The fourth-order valence-corrected chi connectivity index (χ4v) is 4.74. The van der Waals surface area contributed by atoms with Crippen molar-refractivity contribution in [3.8, 4) is 5.75 Å². The van der Waals surface area contributed by atoms with E-state index in [1.54, 1.807) is 6.07 Å². The summed E-state index contributed by atoms with van der Waals surface area (Å²) in [5, 5.41) is 11.8. The van der Waals surface area contributed by atoms with E-state index in [0.717, 1.165) is 0 Å². The quantitative estimate of drug-likeness (QED) is 0.683. The van der Waals surface area contributed by atoms with Crippen molar-refractivity contribution in [2.45, 2.75) is 24.2 Å². The lowest BCUT2D eigenvalue weighted by molar-refractivity contribution is -0.126. The lowest BCUT2D eigenvalue weighted by Gasteiger charge is -2.31. The lowest BCUT2D eigenvalue weighted by Crippen LogP contribution is -2.45. The van der Waals surface area contributed by atoms with Crippen molar-refractivity contribution in [2.24, 2.45) is 5.92 Å². The van der Waals surface area contributed by atoms with Crippen molar-refractivity contribution in [1.82, 2.24) is 9.62 Å².